The predicted octanol–water partition coefficient (Wildman–Crippen LogP) is 1.72. The van der Waals surface area contributed by atoms with E-state index < -0.39 is 12.0 Å². The number of hydrogen-bond donors (Lipinski definition) is 2. The lowest BCUT2D eigenvalue weighted by molar-refractivity contribution is -0.138. The maximum Gasteiger partial charge on any atom is 0.320 e. The lowest BCUT2D eigenvalue weighted by atomic mass is 10.1. The number of rotatable bonds is 3. The van der Waals surface area contributed by atoms with Gasteiger partial charge in [-0.2, -0.15) is 0 Å². The summed E-state index contributed by atoms with van der Waals surface area (Å²) in [5, 5.41) is 9.12. The van der Waals surface area contributed by atoms with E-state index in [1.54, 1.807) is 24.3 Å². The fraction of sp³-hybridized carbons (Fsp3) is 0.222. The van der Waals surface area contributed by atoms with Crippen LogP contribution in [0.25, 0.3) is 0 Å². The highest BCUT2D eigenvalue weighted by Gasteiger charge is 2.13. The van der Waals surface area contributed by atoms with Gasteiger partial charge >= 0.3 is 5.97 Å². The van der Waals surface area contributed by atoms with Gasteiger partial charge < -0.3 is 10.8 Å². The zero-order valence-corrected chi connectivity index (χ0v) is 8.89. The summed E-state index contributed by atoms with van der Waals surface area (Å²) in [6, 6.07) is 6.18. The summed E-state index contributed by atoms with van der Waals surface area (Å²) in [5.74, 6) is -1.01. The molecule has 0 saturated carbocycles. The van der Waals surface area contributed by atoms with Gasteiger partial charge in [0, 0.05) is 5.02 Å². The van der Waals surface area contributed by atoms with Crippen LogP contribution >= 0.6 is 24.0 Å². The number of aliphatic carboxylic acids is 1. The van der Waals surface area contributed by atoms with E-state index in [4.69, 9.17) is 22.4 Å². The Hall–Kier alpha value is -0.770. The third-order valence-electron chi connectivity index (χ3n) is 1.71. The molecule has 0 spiro atoms. The van der Waals surface area contributed by atoms with E-state index in [9.17, 15) is 4.79 Å². The van der Waals surface area contributed by atoms with E-state index in [2.05, 4.69) is 0 Å². The molecule has 78 valence electrons. The second-order valence-electron chi connectivity index (χ2n) is 2.74. The van der Waals surface area contributed by atoms with E-state index in [1.165, 1.54) is 0 Å². The second kappa shape index (κ2) is 5.86. The van der Waals surface area contributed by atoms with Crippen LogP contribution in [0, 0.1) is 0 Å². The van der Waals surface area contributed by atoms with Crippen molar-refractivity contribution in [2.24, 2.45) is 5.73 Å². The molecule has 3 N–H and O–H groups in total. The van der Waals surface area contributed by atoms with Crippen LogP contribution in [0.5, 0.6) is 0 Å². The molecule has 1 atom stereocenters. The van der Waals surface area contributed by atoms with Gasteiger partial charge in [0.1, 0.15) is 6.04 Å². The van der Waals surface area contributed by atoms with E-state index in [0.717, 1.165) is 5.56 Å². The first-order valence-corrected chi connectivity index (χ1v) is 4.21. The first-order valence-electron chi connectivity index (χ1n) is 3.83. The molecule has 5 heteroatoms. The number of nitrogens with two attached hydrogens (primary N) is 1. The molecule has 0 radical (unpaired) electrons. The molecule has 1 aromatic rings. The van der Waals surface area contributed by atoms with Gasteiger partial charge in [-0.3, -0.25) is 4.79 Å². The Morgan fingerprint density at radius 2 is 2.07 bits per heavy atom. The van der Waals surface area contributed by atoms with Crippen molar-refractivity contribution in [3.05, 3.63) is 34.9 Å². The van der Waals surface area contributed by atoms with Crippen LogP contribution in [-0.4, -0.2) is 17.1 Å². The zero-order chi connectivity index (χ0) is 9.84. The third kappa shape index (κ3) is 3.54. The minimum Gasteiger partial charge on any atom is -0.480 e. The van der Waals surface area contributed by atoms with Gasteiger partial charge in [-0.1, -0.05) is 29.8 Å². The van der Waals surface area contributed by atoms with Gasteiger partial charge in [-0.25, -0.2) is 0 Å². The molecule has 0 aromatic heterocycles. The summed E-state index contributed by atoms with van der Waals surface area (Å²) in [4.78, 5) is 10.4. The van der Waals surface area contributed by atoms with Crippen LogP contribution < -0.4 is 5.73 Å². The van der Waals surface area contributed by atoms with Crippen molar-refractivity contribution < 1.29 is 9.90 Å². The Morgan fingerprint density at radius 1 is 1.50 bits per heavy atom. The molecule has 0 aliphatic rings. The molecule has 0 bridgehead atoms. The van der Waals surface area contributed by atoms with Crippen LogP contribution in [0.1, 0.15) is 5.56 Å². The Labute approximate surface area is 93.3 Å². The van der Waals surface area contributed by atoms with Crippen LogP contribution in [0.2, 0.25) is 5.02 Å². The molecule has 0 heterocycles. The molecule has 0 aliphatic heterocycles. The van der Waals surface area contributed by atoms with Gasteiger partial charge in [0.15, 0.2) is 0 Å². The standard InChI is InChI=1S/C9H10ClNO2.ClH/c10-7-4-2-1-3-6(7)5-8(11)9(12)13;/h1-4,8H,5,11H2,(H,12,13);1H/t8-;/m0./s1. The van der Waals surface area contributed by atoms with Crippen LogP contribution in [0.15, 0.2) is 24.3 Å². The minimum atomic E-state index is -1.01. The molecular weight excluding hydrogens is 225 g/mol. The van der Waals surface area contributed by atoms with E-state index >= 15 is 0 Å². The Balaban J connectivity index is 0.00000169. The Kier molecular flexibility index (Phi) is 5.53. The molecular formula is C9H11Cl2NO2. The van der Waals surface area contributed by atoms with E-state index in [0.29, 0.717) is 5.02 Å². The van der Waals surface area contributed by atoms with Crippen molar-refractivity contribution in [2.75, 3.05) is 0 Å². The maximum absolute atomic E-state index is 10.4. The molecule has 0 amide bonds. The van der Waals surface area contributed by atoms with Gasteiger partial charge in [0.05, 0.1) is 0 Å². The highest BCUT2D eigenvalue weighted by Crippen LogP contribution is 2.15. The van der Waals surface area contributed by atoms with Gasteiger partial charge in [0.2, 0.25) is 0 Å². The fourth-order valence-corrected chi connectivity index (χ4v) is 1.20. The summed E-state index contributed by atoms with van der Waals surface area (Å²) in [6.07, 6.45) is 0.259. The summed E-state index contributed by atoms with van der Waals surface area (Å²) in [7, 11) is 0. The van der Waals surface area contributed by atoms with Gasteiger partial charge in [0.25, 0.3) is 0 Å². The Bertz CT molecular complexity index is 317. The van der Waals surface area contributed by atoms with Crippen molar-refractivity contribution in [3.8, 4) is 0 Å². The van der Waals surface area contributed by atoms with Crippen LogP contribution in [0.4, 0.5) is 0 Å². The molecule has 0 aliphatic carbocycles. The summed E-state index contributed by atoms with van der Waals surface area (Å²) in [5.41, 5.74) is 6.12. The van der Waals surface area contributed by atoms with E-state index in [-0.39, 0.29) is 18.8 Å². The van der Waals surface area contributed by atoms with Crippen molar-refractivity contribution >= 4 is 30.0 Å². The second-order valence-corrected chi connectivity index (χ2v) is 3.15. The molecule has 1 aromatic carbocycles. The number of carboxylic acid groups (broad SMARTS) is 1. The average molecular weight is 236 g/mol. The fourth-order valence-electron chi connectivity index (χ4n) is 0.988. The van der Waals surface area contributed by atoms with Crippen molar-refractivity contribution in [2.45, 2.75) is 12.5 Å². The molecule has 0 fully saturated rings. The monoisotopic (exact) mass is 235 g/mol. The number of benzene rings is 1. The summed E-state index contributed by atoms with van der Waals surface area (Å²) in [6.45, 7) is 0. The lowest BCUT2D eigenvalue weighted by Gasteiger charge is -2.07. The maximum atomic E-state index is 10.4. The SMILES string of the molecule is Cl.N[C@@H](Cc1ccccc1Cl)C(=O)O. The number of halogens is 2. The average Bonchev–Trinajstić information content (AvgIpc) is 2.08. The summed E-state index contributed by atoms with van der Waals surface area (Å²) >= 11 is 5.82. The molecule has 0 unspecified atom stereocenters. The van der Waals surface area contributed by atoms with Crippen molar-refractivity contribution in [1.29, 1.82) is 0 Å². The quantitative estimate of drug-likeness (QED) is 0.839. The Morgan fingerprint density at radius 3 is 2.57 bits per heavy atom. The van der Waals surface area contributed by atoms with Crippen LogP contribution in [0.3, 0.4) is 0 Å². The largest absolute Gasteiger partial charge is 0.480 e. The topological polar surface area (TPSA) is 63.3 Å². The molecule has 3 nitrogen and oxygen atoms in total. The lowest BCUT2D eigenvalue weighted by Crippen LogP contribution is -2.32. The highest BCUT2D eigenvalue weighted by atomic mass is 35.5. The predicted molar refractivity (Wildman–Crippen MR) is 58.0 cm³/mol. The van der Waals surface area contributed by atoms with Gasteiger partial charge in [-0.05, 0) is 18.1 Å². The molecule has 0 saturated heterocycles. The normalized spacial score (nSPS) is 11.6. The zero-order valence-electron chi connectivity index (χ0n) is 7.31. The van der Waals surface area contributed by atoms with E-state index in [1.807, 2.05) is 0 Å². The first kappa shape index (κ1) is 13.2. The van der Waals surface area contributed by atoms with Crippen molar-refractivity contribution in [1.82, 2.24) is 0 Å². The minimum absolute atomic E-state index is 0. The highest BCUT2D eigenvalue weighted by molar-refractivity contribution is 6.31. The number of carbonyl (C=O) groups is 1. The number of hydrogen-bond acceptors (Lipinski definition) is 2. The smallest absolute Gasteiger partial charge is 0.320 e. The van der Waals surface area contributed by atoms with Crippen molar-refractivity contribution in [3.63, 3.8) is 0 Å². The van der Waals surface area contributed by atoms with Gasteiger partial charge in [-0.15, -0.1) is 12.4 Å². The van der Waals surface area contributed by atoms with Crippen LogP contribution in [-0.2, 0) is 11.2 Å². The molecule has 14 heavy (non-hydrogen) atoms. The first-order chi connectivity index (χ1) is 6.11. The summed E-state index contributed by atoms with van der Waals surface area (Å²) < 4.78 is 0. The molecule has 1 rings (SSSR count). The third-order valence-corrected chi connectivity index (χ3v) is 2.08. The number of carboxylic acids is 1.